The predicted octanol–water partition coefficient (Wildman–Crippen LogP) is 2.56. The number of benzene rings is 1. The topological polar surface area (TPSA) is 23.6 Å². The highest BCUT2D eigenvalue weighted by Crippen LogP contribution is 2.20. The van der Waals surface area contributed by atoms with Crippen LogP contribution in [0.3, 0.4) is 0 Å². The minimum Gasteiger partial charge on any atom is -0.342 e. The summed E-state index contributed by atoms with van der Waals surface area (Å²) in [6.07, 6.45) is 5.52. The molecule has 114 valence electrons. The molecule has 2 fully saturated rings. The van der Waals surface area contributed by atoms with Crippen LogP contribution in [0.25, 0.3) is 0 Å². The summed E-state index contributed by atoms with van der Waals surface area (Å²) in [7, 11) is 0. The first-order chi connectivity index (χ1) is 10.3. The summed E-state index contributed by atoms with van der Waals surface area (Å²) in [5, 5.41) is 0. The molecule has 0 aromatic heterocycles. The summed E-state index contributed by atoms with van der Waals surface area (Å²) in [4.78, 5) is 16.4. The fourth-order valence-corrected chi connectivity index (χ4v) is 3.64. The zero-order valence-electron chi connectivity index (χ0n) is 12.8. The van der Waals surface area contributed by atoms with E-state index in [-0.39, 0.29) is 0 Å². The van der Waals surface area contributed by atoms with Crippen LogP contribution in [-0.4, -0.2) is 48.4 Å². The van der Waals surface area contributed by atoms with Crippen molar-refractivity contribution in [2.45, 2.75) is 32.1 Å². The average molecular weight is 286 g/mol. The Balaban J connectivity index is 1.45. The molecule has 0 bridgehead atoms. The predicted molar refractivity (Wildman–Crippen MR) is 85.1 cm³/mol. The van der Waals surface area contributed by atoms with E-state index >= 15 is 0 Å². The van der Waals surface area contributed by atoms with Crippen molar-refractivity contribution in [3.63, 3.8) is 0 Å². The van der Waals surface area contributed by atoms with Crippen LogP contribution in [-0.2, 0) is 11.2 Å². The van der Waals surface area contributed by atoms with Crippen molar-refractivity contribution in [2.24, 2.45) is 5.92 Å². The number of likely N-dealkylation sites (tertiary alicyclic amines) is 2. The average Bonchev–Trinajstić information content (AvgIpc) is 2.92. The number of rotatable bonds is 5. The Labute approximate surface area is 127 Å². The van der Waals surface area contributed by atoms with E-state index in [4.69, 9.17) is 0 Å². The zero-order chi connectivity index (χ0) is 14.5. The minimum absolute atomic E-state index is 0.372. The van der Waals surface area contributed by atoms with Gasteiger partial charge in [0.05, 0.1) is 0 Å². The summed E-state index contributed by atoms with van der Waals surface area (Å²) >= 11 is 0. The molecule has 2 aliphatic rings. The van der Waals surface area contributed by atoms with Crippen molar-refractivity contribution in [3.8, 4) is 0 Å². The van der Waals surface area contributed by atoms with E-state index in [0.717, 1.165) is 45.4 Å². The summed E-state index contributed by atoms with van der Waals surface area (Å²) in [6, 6.07) is 10.7. The van der Waals surface area contributed by atoms with E-state index in [1.54, 1.807) is 0 Å². The van der Waals surface area contributed by atoms with Crippen molar-refractivity contribution in [1.29, 1.82) is 0 Å². The first-order valence-electron chi connectivity index (χ1n) is 8.35. The third-order valence-electron chi connectivity index (χ3n) is 4.81. The lowest BCUT2D eigenvalue weighted by Gasteiger charge is -2.34. The molecule has 0 N–H and O–H groups in total. The Morgan fingerprint density at radius 2 is 1.95 bits per heavy atom. The summed E-state index contributed by atoms with van der Waals surface area (Å²) in [5.41, 5.74) is 1.43. The van der Waals surface area contributed by atoms with Crippen LogP contribution in [0.5, 0.6) is 0 Å². The maximum atomic E-state index is 11.8. The molecular formula is C18H26N2O. The molecule has 1 atom stereocenters. The molecule has 21 heavy (non-hydrogen) atoms. The van der Waals surface area contributed by atoms with Crippen molar-refractivity contribution < 1.29 is 4.79 Å². The Morgan fingerprint density at radius 1 is 1.10 bits per heavy atom. The van der Waals surface area contributed by atoms with Crippen molar-refractivity contribution in [1.82, 2.24) is 9.80 Å². The van der Waals surface area contributed by atoms with E-state index < -0.39 is 0 Å². The SMILES string of the molecule is O=C1CCCN1CC1CCCN(CCc2ccccc2)C1. The second kappa shape index (κ2) is 7.08. The molecule has 1 unspecified atom stereocenters. The Bertz CT molecular complexity index is 460. The molecule has 0 radical (unpaired) electrons. The lowest BCUT2D eigenvalue weighted by atomic mass is 9.97. The molecule has 0 aliphatic carbocycles. The number of piperidine rings is 1. The maximum Gasteiger partial charge on any atom is 0.222 e. The third-order valence-corrected chi connectivity index (χ3v) is 4.81. The van der Waals surface area contributed by atoms with E-state index in [0.29, 0.717) is 11.8 Å². The quantitative estimate of drug-likeness (QED) is 0.830. The standard InChI is InChI=1S/C18H26N2O/c21-18-9-5-12-20(18)15-17-8-4-11-19(14-17)13-10-16-6-2-1-3-7-16/h1-3,6-7,17H,4-5,8-15H2. The maximum absolute atomic E-state index is 11.8. The highest BCUT2D eigenvalue weighted by molar-refractivity contribution is 5.78. The molecule has 3 nitrogen and oxygen atoms in total. The molecule has 2 heterocycles. The second-order valence-corrected chi connectivity index (χ2v) is 6.49. The zero-order valence-corrected chi connectivity index (χ0v) is 12.8. The van der Waals surface area contributed by atoms with Gasteiger partial charge in [-0.15, -0.1) is 0 Å². The van der Waals surface area contributed by atoms with Crippen LogP contribution in [0.2, 0.25) is 0 Å². The highest BCUT2D eigenvalue weighted by Gasteiger charge is 2.26. The first kappa shape index (κ1) is 14.6. The molecule has 1 aromatic rings. The molecule has 1 aromatic carbocycles. The van der Waals surface area contributed by atoms with Crippen LogP contribution in [0.4, 0.5) is 0 Å². The van der Waals surface area contributed by atoms with Gasteiger partial charge in [0, 0.05) is 32.6 Å². The van der Waals surface area contributed by atoms with Gasteiger partial charge in [-0.3, -0.25) is 4.79 Å². The molecular weight excluding hydrogens is 260 g/mol. The summed E-state index contributed by atoms with van der Waals surface area (Å²) < 4.78 is 0. The molecule has 1 amide bonds. The van der Waals surface area contributed by atoms with Crippen molar-refractivity contribution >= 4 is 5.91 Å². The Morgan fingerprint density at radius 3 is 2.71 bits per heavy atom. The smallest absolute Gasteiger partial charge is 0.222 e. The van der Waals surface area contributed by atoms with Gasteiger partial charge >= 0.3 is 0 Å². The van der Waals surface area contributed by atoms with E-state index in [1.165, 1.54) is 24.9 Å². The van der Waals surface area contributed by atoms with E-state index in [9.17, 15) is 4.79 Å². The van der Waals surface area contributed by atoms with Gasteiger partial charge < -0.3 is 9.80 Å². The molecule has 3 rings (SSSR count). The third kappa shape index (κ3) is 4.07. The van der Waals surface area contributed by atoms with Gasteiger partial charge in [-0.25, -0.2) is 0 Å². The molecule has 2 aliphatic heterocycles. The van der Waals surface area contributed by atoms with Crippen LogP contribution < -0.4 is 0 Å². The largest absolute Gasteiger partial charge is 0.342 e. The van der Waals surface area contributed by atoms with Crippen LogP contribution in [0.1, 0.15) is 31.2 Å². The molecule has 3 heteroatoms. The van der Waals surface area contributed by atoms with Gasteiger partial charge in [-0.2, -0.15) is 0 Å². The minimum atomic E-state index is 0.372. The monoisotopic (exact) mass is 286 g/mol. The number of hydrogen-bond donors (Lipinski definition) is 0. The summed E-state index contributed by atoms with van der Waals surface area (Å²) in [6.45, 7) is 5.50. The normalized spacial score (nSPS) is 23.7. The van der Waals surface area contributed by atoms with Gasteiger partial charge in [0.25, 0.3) is 0 Å². The molecule has 0 saturated carbocycles. The van der Waals surface area contributed by atoms with Gasteiger partial charge in [-0.1, -0.05) is 30.3 Å². The van der Waals surface area contributed by atoms with E-state index in [1.807, 2.05) is 0 Å². The van der Waals surface area contributed by atoms with Crippen LogP contribution in [0.15, 0.2) is 30.3 Å². The van der Waals surface area contributed by atoms with Crippen molar-refractivity contribution in [2.75, 3.05) is 32.7 Å². The number of amides is 1. The Hall–Kier alpha value is -1.35. The van der Waals surface area contributed by atoms with Crippen molar-refractivity contribution in [3.05, 3.63) is 35.9 Å². The number of carbonyl (C=O) groups is 1. The van der Waals surface area contributed by atoms with Gasteiger partial charge in [0.2, 0.25) is 5.91 Å². The number of nitrogens with zero attached hydrogens (tertiary/aromatic N) is 2. The number of carbonyl (C=O) groups excluding carboxylic acids is 1. The summed E-state index contributed by atoms with van der Waals surface area (Å²) in [5.74, 6) is 1.05. The molecule has 0 spiro atoms. The van der Waals surface area contributed by atoms with Gasteiger partial charge in [0.1, 0.15) is 0 Å². The first-order valence-corrected chi connectivity index (χ1v) is 8.35. The van der Waals surface area contributed by atoms with Gasteiger partial charge in [0.15, 0.2) is 0 Å². The lowest BCUT2D eigenvalue weighted by Crippen LogP contribution is -2.42. The second-order valence-electron chi connectivity index (χ2n) is 6.49. The van der Waals surface area contributed by atoms with Crippen LogP contribution >= 0.6 is 0 Å². The lowest BCUT2D eigenvalue weighted by molar-refractivity contribution is -0.128. The fourth-order valence-electron chi connectivity index (χ4n) is 3.64. The van der Waals surface area contributed by atoms with E-state index in [2.05, 4.69) is 40.1 Å². The van der Waals surface area contributed by atoms with Gasteiger partial charge in [-0.05, 0) is 43.7 Å². The molecule has 2 saturated heterocycles. The van der Waals surface area contributed by atoms with Crippen LogP contribution in [0, 0.1) is 5.92 Å². The fraction of sp³-hybridized carbons (Fsp3) is 0.611. The number of hydrogen-bond acceptors (Lipinski definition) is 2. The highest BCUT2D eigenvalue weighted by atomic mass is 16.2. The Kier molecular flexibility index (Phi) is 4.91.